The van der Waals surface area contributed by atoms with E-state index in [-0.39, 0.29) is 0 Å². The van der Waals surface area contributed by atoms with Gasteiger partial charge < -0.3 is 5.32 Å². The fourth-order valence-corrected chi connectivity index (χ4v) is 2.00. The Labute approximate surface area is 99.8 Å². The third kappa shape index (κ3) is 3.11. The molecular weight excluding hydrogens is 214 g/mol. The molecule has 0 aromatic heterocycles. The van der Waals surface area contributed by atoms with E-state index in [0.29, 0.717) is 0 Å². The highest BCUT2D eigenvalue weighted by atomic mass is 32.1. The second-order valence-electron chi connectivity index (χ2n) is 3.26. The Kier molecular flexibility index (Phi) is 3.97. The van der Waals surface area contributed by atoms with Crippen LogP contribution < -0.4 is 5.32 Å². The summed E-state index contributed by atoms with van der Waals surface area (Å²) in [5, 5.41) is 7.19. The van der Waals surface area contributed by atoms with E-state index in [9.17, 15) is 0 Å². The molecule has 0 unspecified atom stereocenters. The number of allylic oxidation sites excluding steroid dienone is 4. The molecule has 2 heterocycles. The van der Waals surface area contributed by atoms with Gasteiger partial charge >= 0.3 is 0 Å². The van der Waals surface area contributed by atoms with Gasteiger partial charge in [0.15, 0.2) is 0 Å². The first-order valence-corrected chi connectivity index (χ1v) is 6.06. The first-order chi connectivity index (χ1) is 7.97. The van der Waals surface area contributed by atoms with Crippen molar-refractivity contribution in [1.82, 2.24) is 5.32 Å². The Hall–Kier alpha value is -1.80. The molecule has 1 aliphatic carbocycles. The average molecular weight is 227 g/mol. The molecule has 2 heteroatoms. The molecule has 3 rings (SSSR count). The Balaban J connectivity index is 0.000000125. The lowest BCUT2D eigenvalue weighted by Crippen LogP contribution is -1.87. The molecule has 0 aromatic rings. The van der Waals surface area contributed by atoms with Crippen LogP contribution in [0.1, 0.15) is 0 Å². The van der Waals surface area contributed by atoms with Crippen molar-refractivity contribution in [3.05, 3.63) is 71.7 Å². The molecule has 0 aromatic carbocycles. The predicted octanol–water partition coefficient (Wildman–Crippen LogP) is 4.03. The van der Waals surface area contributed by atoms with E-state index in [4.69, 9.17) is 0 Å². The summed E-state index contributed by atoms with van der Waals surface area (Å²) < 4.78 is 0. The monoisotopic (exact) mass is 227 g/mol. The minimum atomic E-state index is 1.34. The molecule has 0 spiro atoms. The highest BCUT2D eigenvalue weighted by molar-refractivity contribution is 7.07. The van der Waals surface area contributed by atoms with Gasteiger partial charge in [0.2, 0.25) is 0 Å². The van der Waals surface area contributed by atoms with Crippen molar-refractivity contribution in [2.45, 2.75) is 0 Å². The van der Waals surface area contributed by atoms with Gasteiger partial charge in [0.05, 0.1) is 0 Å². The summed E-state index contributed by atoms with van der Waals surface area (Å²) in [6, 6.07) is 8.48. The minimum absolute atomic E-state index is 1.34. The molecule has 2 aliphatic heterocycles. The maximum atomic E-state index is 2.92. The molecule has 0 atom stereocenters. The summed E-state index contributed by atoms with van der Waals surface area (Å²) in [6.45, 7) is 0. The molecule has 1 nitrogen and oxygen atoms in total. The summed E-state index contributed by atoms with van der Waals surface area (Å²) >= 11 is 1.74. The molecule has 16 heavy (non-hydrogen) atoms. The third-order valence-electron chi connectivity index (χ3n) is 2.12. The summed E-state index contributed by atoms with van der Waals surface area (Å²) in [4.78, 5) is 0. The van der Waals surface area contributed by atoms with Crippen LogP contribution >= 0.6 is 11.3 Å². The molecule has 1 N–H and O–H groups in total. The Morgan fingerprint density at radius 2 is 1.56 bits per heavy atom. The summed E-state index contributed by atoms with van der Waals surface area (Å²) in [5.41, 5.74) is 2.69. The van der Waals surface area contributed by atoms with Crippen molar-refractivity contribution in [2.75, 3.05) is 0 Å². The van der Waals surface area contributed by atoms with E-state index in [0.717, 1.165) is 0 Å². The van der Waals surface area contributed by atoms with Crippen LogP contribution in [-0.2, 0) is 0 Å². The normalized spacial score (nSPS) is 12.8. The van der Waals surface area contributed by atoms with Crippen molar-refractivity contribution in [1.29, 1.82) is 0 Å². The Bertz CT molecular complexity index is 438. The van der Waals surface area contributed by atoms with Crippen molar-refractivity contribution in [3.8, 4) is 11.1 Å². The third-order valence-corrected chi connectivity index (χ3v) is 2.81. The molecule has 0 bridgehead atoms. The first-order valence-electron chi connectivity index (χ1n) is 5.12. The standard InChI is InChI=1S/C8H6S.C6H7N/c1-2-7-4-5-9-6-8(7)3-1;1-2-4-6-7-5-3-1/h1-6H;1-7H. The Morgan fingerprint density at radius 3 is 2.31 bits per heavy atom. The van der Waals surface area contributed by atoms with Gasteiger partial charge in [-0.3, -0.25) is 0 Å². The van der Waals surface area contributed by atoms with Gasteiger partial charge in [-0.2, -0.15) is 11.3 Å². The molecular formula is C14H13NS. The number of rotatable bonds is 0. The van der Waals surface area contributed by atoms with E-state index >= 15 is 0 Å². The van der Waals surface area contributed by atoms with Crippen molar-refractivity contribution in [2.24, 2.45) is 0 Å². The molecule has 80 valence electrons. The minimum Gasteiger partial charge on any atom is -0.368 e. The quantitative estimate of drug-likeness (QED) is 0.716. The lowest BCUT2D eigenvalue weighted by Gasteiger charge is -1.91. The number of fused-ring (bicyclic) bond motifs is 1. The van der Waals surface area contributed by atoms with Crippen LogP contribution in [0.25, 0.3) is 11.1 Å². The van der Waals surface area contributed by atoms with Gasteiger partial charge in [-0.1, -0.05) is 30.4 Å². The highest BCUT2D eigenvalue weighted by Gasteiger charge is 1.96. The Morgan fingerprint density at radius 1 is 0.812 bits per heavy atom. The van der Waals surface area contributed by atoms with E-state index in [1.165, 1.54) is 11.1 Å². The fourth-order valence-electron chi connectivity index (χ4n) is 1.34. The van der Waals surface area contributed by atoms with Crippen molar-refractivity contribution in [3.63, 3.8) is 0 Å². The van der Waals surface area contributed by atoms with Crippen LogP contribution in [-0.4, -0.2) is 0 Å². The average Bonchev–Trinajstić information content (AvgIpc) is 2.61. The SMILES string of the molecule is C1=CC=CNC=C1.c1cc2ccscc-2c1. The fraction of sp³-hybridized carbons (Fsp3) is 0. The van der Waals surface area contributed by atoms with Crippen LogP contribution in [0.5, 0.6) is 0 Å². The highest BCUT2D eigenvalue weighted by Crippen LogP contribution is 2.23. The molecule has 0 amide bonds. The largest absolute Gasteiger partial charge is 0.368 e. The number of hydrogen-bond acceptors (Lipinski definition) is 2. The van der Waals surface area contributed by atoms with Crippen molar-refractivity contribution >= 4 is 11.3 Å². The van der Waals surface area contributed by atoms with Gasteiger partial charge in [0.1, 0.15) is 0 Å². The lowest BCUT2D eigenvalue weighted by molar-refractivity contribution is 1.20. The van der Waals surface area contributed by atoms with Gasteiger partial charge in [-0.15, -0.1) is 0 Å². The zero-order chi connectivity index (χ0) is 11.1. The summed E-state index contributed by atoms with van der Waals surface area (Å²) in [5.74, 6) is 0. The zero-order valence-electron chi connectivity index (χ0n) is 8.84. The van der Waals surface area contributed by atoms with Crippen molar-refractivity contribution < 1.29 is 0 Å². The maximum Gasteiger partial charge on any atom is 0.000442 e. The second kappa shape index (κ2) is 5.93. The number of nitrogens with one attached hydrogen (secondary N) is 1. The van der Waals surface area contributed by atoms with E-state index < -0.39 is 0 Å². The van der Waals surface area contributed by atoms with Crippen LogP contribution in [0.2, 0.25) is 0 Å². The first kappa shape index (κ1) is 10.7. The van der Waals surface area contributed by atoms with Gasteiger partial charge in [-0.25, -0.2) is 0 Å². The van der Waals surface area contributed by atoms with Gasteiger partial charge in [0, 0.05) is 12.4 Å². The molecule has 0 radical (unpaired) electrons. The van der Waals surface area contributed by atoms with Gasteiger partial charge in [-0.05, 0) is 40.1 Å². The molecule has 3 aliphatic rings. The predicted molar refractivity (Wildman–Crippen MR) is 71.5 cm³/mol. The molecule has 0 saturated carbocycles. The number of hydrogen-bond donors (Lipinski definition) is 1. The summed E-state index contributed by atoms with van der Waals surface area (Å²) in [7, 11) is 0. The maximum absolute atomic E-state index is 2.92. The smallest absolute Gasteiger partial charge is 0.000442 e. The van der Waals surface area contributed by atoms with Crippen LogP contribution in [0.3, 0.4) is 0 Å². The van der Waals surface area contributed by atoms with Crippen LogP contribution in [0.15, 0.2) is 71.7 Å². The van der Waals surface area contributed by atoms with Crippen LogP contribution in [0.4, 0.5) is 0 Å². The van der Waals surface area contributed by atoms with E-state index in [1.807, 2.05) is 36.7 Å². The zero-order valence-corrected chi connectivity index (χ0v) is 9.65. The second-order valence-corrected chi connectivity index (χ2v) is 4.04. The van der Waals surface area contributed by atoms with E-state index in [1.54, 1.807) is 11.3 Å². The molecule has 0 fully saturated rings. The van der Waals surface area contributed by atoms with Crippen LogP contribution in [0, 0.1) is 0 Å². The lowest BCUT2D eigenvalue weighted by atomic mass is 10.2. The van der Waals surface area contributed by atoms with Gasteiger partial charge in [0.25, 0.3) is 0 Å². The molecule has 0 saturated heterocycles. The van der Waals surface area contributed by atoms with E-state index in [2.05, 4.69) is 40.3 Å². The summed E-state index contributed by atoms with van der Waals surface area (Å²) in [6.07, 6.45) is 11.6. The topological polar surface area (TPSA) is 12.0 Å².